The topological polar surface area (TPSA) is 0 Å². The summed E-state index contributed by atoms with van der Waals surface area (Å²) in [4.78, 5) is 0. The first kappa shape index (κ1) is 17.4. The maximum Gasteiger partial charge on any atom is 1.00 e. The molecule has 0 aromatic heterocycles. The Balaban J connectivity index is 0.000000373. The van der Waals surface area contributed by atoms with Crippen molar-refractivity contribution < 1.29 is 68.6 Å². The fraction of sp³-hybridized carbons (Fsp3) is 0. The molecule has 0 aliphatic carbocycles. The summed E-state index contributed by atoms with van der Waals surface area (Å²) >= 11 is 5.96. The van der Waals surface area contributed by atoms with Gasteiger partial charge in [-0.05, 0) is 11.5 Å². The Hall–Kier alpha value is 0.411. The number of halogens is 5. The molecule has 0 unspecified atom stereocenters. The van der Waals surface area contributed by atoms with Crippen LogP contribution in [0.15, 0.2) is 42.5 Å². The van der Waals surface area contributed by atoms with E-state index in [1.54, 1.807) is 0 Å². The molecule has 0 saturated carbocycles. The molecule has 86 valence electrons. The molecule has 17 heavy (non-hydrogen) atoms. The zero-order valence-electron chi connectivity index (χ0n) is 9.01. The molecule has 0 fully saturated rings. The van der Waals surface area contributed by atoms with Crippen molar-refractivity contribution in [1.82, 2.24) is 0 Å². The predicted molar refractivity (Wildman–Crippen MR) is 59.1 cm³/mol. The summed E-state index contributed by atoms with van der Waals surface area (Å²) in [6.07, 6.45) is 0. The van der Waals surface area contributed by atoms with Crippen LogP contribution in [0.4, 0.5) is 17.3 Å². The molecule has 0 bridgehead atoms. The normalized spacial score (nSPS) is 10.2. The van der Waals surface area contributed by atoms with Gasteiger partial charge in [-0.1, -0.05) is 48.0 Å². The van der Waals surface area contributed by atoms with E-state index in [4.69, 9.17) is 11.6 Å². The summed E-state index contributed by atoms with van der Waals surface area (Å²) < 4.78 is 39.0. The summed E-state index contributed by atoms with van der Waals surface area (Å²) in [5.41, 5.74) is 0. The smallest absolute Gasteiger partial charge is 0.418 e. The van der Waals surface area contributed by atoms with Crippen molar-refractivity contribution in [2.45, 2.75) is 0 Å². The van der Waals surface area contributed by atoms with Gasteiger partial charge >= 0.3 is 58.6 Å². The molecule has 2 aromatic rings. The first-order valence-corrected chi connectivity index (χ1v) is 4.76. The zero-order valence-corrected chi connectivity index (χ0v) is 12.9. The molecule has 0 saturated heterocycles. The van der Waals surface area contributed by atoms with Crippen LogP contribution in [0.2, 0.25) is 5.02 Å². The van der Waals surface area contributed by atoms with Gasteiger partial charge in [0.05, 0.1) is 0 Å². The van der Waals surface area contributed by atoms with E-state index in [1.165, 1.54) is 5.39 Å². The Morgan fingerprint density at radius 1 is 0.824 bits per heavy atom. The average molecular weight is 289 g/mol. The van der Waals surface area contributed by atoms with Gasteiger partial charge in [0.25, 0.3) is 0 Å². The standard InChI is InChI=1S/C10H7Cl.BF4.K/c11-10-7-3-5-8-4-1-2-6-9(8)10;2-1(3,4)5;/h1-7H;;/q;-1;+1. The molecule has 0 radical (unpaired) electrons. The Labute approximate surface area is 144 Å². The van der Waals surface area contributed by atoms with E-state index in [9.17, 15) is 17.3 Å². The Kier molecular flexibility index (Phi) is 7.95. The number of hydrogen-bond donors (Lipinski definition) is 0. The van der Waals surface area contributed by atoms with Gasteiger partial charge in [-0.25, -0.2) is 0 Å². The molecule has 2 rings (SSSR count). The molecule has 0 amide bonds. The summed E-state index contributed by atoms with van der Waals surface area (Å²) in [5, 5.41) is 3.14. The van der Waals surface area contributed by atoms with Crippen molar-refractivity contribution >= 4 is 29.6 Å². The van der Waals surface area contributed by atoms with Crippen LogP contribution in [0.25, 0.3) is 10.8 Å². The largest absolute Gasteiger partial charge is 1.00 e. The van der Waals surface area contributed by atoms with Gasteiger partial charge in [0, 0.05) is 10.4 Å². The zero-order chi connectivity index (χ0) is 12.2. The summed E-state index contributed by atoms with van der Waals surface area (Å²) in [5.74, 6) is 0. The Bertz CT molecular complexity index is 464. The predicted octanol–water partition coefficient (Wildman–Crippen LogP) is 1.80. The van der Waals surface area contributed by atoms with Crippen molar-refractivity contribution in [3.63, 3.8) is 0 Å². The van der Waals surface area contributed by atoms with Crippen molar-refractivity contribution in [2.24, 2.45) is 0 Å². The molecule has 7 heteroatoms. The van der Waals surface area contributed by atoms with Crippen molar-refractivity contribution in [2.75, 3.05) is 0 Å². The van der Waals surface area contributed by atoms with Crippen LogP contribution in [0.5, 0.6) is 0 Å². The second-order valence-electron chi connectivity index (χ2n) is 2.96. The summed E-state index contributed by atoms with van der Waals surface area (Å²) in [6, 6.07) is 14.0. The van der Waals surface area contributed by atoms with Crippen LogP contribution in [0.3, 0.4) is 0 Å². The van der Waals surface area contributed by atoms with Gasteiger partial charge in [-0.2, -0.15) is 0 Å². The molecule has 0 N–H and O–H groups in total. The van der Waals surface area contributed by atoms with E-state index in [-0.39, 0.29) is 51.4 Å². The number of rotatable bonds is 0. The minimum absolute atomic E-state index is 0. The second kappa shape index (κ2) is 7.76. The molecule has 0 aliphatic rings. The van der Waals surface area contributed by atoms with Gasteiger partial charge in [0.2, 0.25) is 0 Å². The maximum absolute atomic E-state index is 9.75. The van der Waals surface area contributed by atoms with Crippen LogP contribution in [0, 0.1) is 0 Å². The number of benzene rings is 2. The van der Waals surface area contributed by atoms with Crippen molar-refractivity contribution in [3.05, 3.63) is 47.5 Å². The molecule has 0 spiro atoms. The van der Waals surface area contributed by atoms with E-state index in [2.05, 4.69) is 12.1 Å². The van der Waals surface area contributed by atoms with Gasteiger partial charge in [0.1, 0.15) is 0 Å². The third-order valence-electron chi connectivity index (χ3n) is 1.74. The van der Waals surface area contributed by atoms with E-state index < -0.39 is 7.25 Å². The minimum atomic E-state index is -6.00. The van der Waals surface area contributed by atoms with Crippen molar-refractivity contribution in [1.29, 1.82) is 0 Å². The SMILES string of the molecule is Clc1cccc2ccccc12.F[B-](F)(F)F.[K+]. The van der Waals surface area contributed by atoms with Gasteiger partial charge in [0.15, 0.2) is 0 Å². The molecule has 0 aliphatic heterocycles. The quantitative estimate of drug-likeness (QED) is 0.512. The molecule has 0 atom stereocenters. The van der Waals surface area contributed by atoms with Gasteiger partial charge in [-0.3, -0.25) is 0 Å². The maximum atomic E-state index is 9.75. The van der Waals surface area contributed by atoms with E-state index in [1.807, 2.05) is 30.3 Å². The third-order valence-corrected chi connectivity index (χ3v) is 2.07. The number of hydrogen-bond acceptors (Lipinski definition) is 0. The van der Waals surface area contributed by atoms with Crippen LogP contribution in [0.1, 0.15) is 0 Å². The second-order valence-corrected chi connectivity index (χ2v) is 3.36. The van der Waals surface area contributed by atoms with Crippen LogP contribution >= 0.6 is 11.6 Å². The van der Waals surface area contributed by atoms with Crippen LogP contribution in [-0.2, 0) is 0 Å². The molecule has 0 nitrogen and oxygen atoms in total. The monoisotopic (exact) mass is 288 g/mol. The minimum Gasteiger partial charge on any atom is -0.418 e. The van der Waals surface area contributed by atoms with E-state index >= 15 is 0 Å². The fourth-order valence-electron chi connectivity index (χ4n) is 1.19. The van der Waals surface area contributed by atoms with Crippen molar-refractivity contribution in [3.8, 4) is 0 Å². The fourth-order valence-corrected chi connectivity index (χ4v) is 1.43. The van der Waals surface area contributed by atoms with Gasteiger partial charge < -0.3 is 17.3 Å². The first-order chi connectivity index (χ1) is 7.38. The van der Waals surface area contributed by atoms with E-state index in [0.29, 0.717) is 0 Å². The summed E-state index contributed by atoms with van der Waals surface area (Å²) in [7, 11) is -6.00. The van der Waals surface area contributed by atoms with Gasteiger partial charge in [-0.15, -0.1) is 0 Å². The number of fused-ring (bicyclic) bond motifs is 1. The molecular formula is C10H7BClF4K. The Morgan fingerprint density at radius 3 is 1.82 bits per heavy atom. The third kappa shape index (κ3) is 7.43. The molecule has 0 heterocycles. The first-order valence-electron chi connectivity index (χ1n) is 4.38. The Morgan fingerprint density at radius 2 is 1.29 bits per heavy atom. The van der Waals surface area contributed by atoms with Crippen LogP contribution in [-0.4, -0.2) is 7.25 Å². The molecule has 2 aromatic carbocycles. The van der Waals surface area contributed by atoms with E-state index in [0.717, 1.165) is 10.4 Å². The summed E-state index contributed by atoms with van der Waals surface area (Å²) in [6.45, 7) is 0. The average Bonchev–Trinajstić information content (AvgIpc) is 2.16. The molecular weight excluding hydrogens is 281 g/mol. The van der Waals surface area contributed by atoms with Crippen LogP contribution < -0.4 is 51.4 Å².